The Hall–Kier alpha value is -0.210. The van der Waals surface area contributed by atoms with E-state index in [0.717, 1.165) is 38.9 Å². The second-order valence-corrected chi connectivity index (χ2v) is 8.53. The fraction of sp³-hybridized carbons (Fsp3) is 1.00. The summed E-state index contributed by atoms with van der Waals surface area (Å²) in [5.41, 5.74) is 0. The minimum atomic E-state index is -3.24. The molecule has 21 heavy (non-hydrogen) atoms. The van der Waals surface area contributed by atoms with Gasteiger partial charge in [0, 0.05) is 38.8 Å². The van der Waals surface area contributed by atoms with Gasteiger partial charge in [-0.2, -0.15) is 17.0 Å². The third-order valence-corrected chi connectivity index (χ3v) is 7.27. The molecular formula is C14H28N4O2S. The van der Waals surface area contributed by atoms with E-state index in [9.17, 15) is 8.42 Å². The second-order valence-electron chi connectivity index (χ2n) is 6.60. The van der Waals surface area contributed by atoms with E-state index in [0.29, 0.717) is 38.1 Å². The lowest BCUT2D eigenvalue weighted by molar-refractivity contribution is 0.148. The lowest BCUT2D eigenvalue weighted by Gasteiger charge is -2.40. The SMILES string of the molecule is CNCC1CCN(S(=O)(=O)N2CCN3CCCC3C2)CC1. The van der Waals surface area contributed by atoms with Crippen LogP contribution in [-0.2, 0) is 10.2 Å². The molecule has 3 aliphatic heterocycles. The van der Waals surface area contributed by atoms with Crippen molar-refractivity contribution in [2.24, 2.45) is 5.92 Å². The van der Waals surface area contributed by atoms with Crippen molar-refractivity contribution in [3.05, 3.63) is 0 Å². The molecule has 1 atom stereocenters. The molecule has 1 unspecified atom stereocenters. The summed E-state index contributed by atoms with van der Waals surface area (Å²) in [5.74, 6) is 0.619. The van der Waals surface area contributed by atoms with E-state index < -0.39 is 10.2 Å². The van der Waals surface area contributed by atoms with Crippen LogP contribution in [0.5, 0.6) is 0 Å². The van der Waals surface area contributed by atoms with Crippen LogP contribution < -0.4 is 5.32 Å². The number of piperidine rings is 1. The normalized spacial score (nSPS) is 30.6. The molecule has 6 nitrogen and oxygen atoms in total. The van der Waals surface area contributed by atoms with Crippen LogP contribution in [0.3, 0.4) is 0 Å². The Morgan fingerprint density at radius 3 is 2.48 bits per heavy atom. The van der Waals surface area contributed by atoms with Crippen LogP contribution in [0.2, 0.25) is 0 Å². The molecule has 0 aromatic carbocycles. The minimum absolute atomic E-state index is 0.454. The van der Waals surface area contributed by atoms with Gasteiger partial charge < -0.3 is 5.32 Å². The summed E-state index contributed by atoms with van der Waals surface area (Å²) in [5, 5.41) is 3.20. The predicted molar refractivity (Wildman–Crippen MR) is 83.3 cm³/mol. The van der Waals surface area contributed by atoms with Crippen LogP contribution in [0.4, 0.5) is 0 Å². The van der Waals surface area contributed by atoms with Crippen molar-refractivity contribution in [3.63, 3.8) is 0 Å². The summed E-state index contributed by atoms with van der Waals surface area (Å²) < 4.78 is 29.1. The van der Waals surface area contributed by atoms with Crippen LogP contribution >= 0.6 is 0 Å². The van der Waals surface area contributed by atoms with Gasteiger partial charge in [-0.25, -0.2) is 0 Å². The average molecular weight is 316 g/mol. The highest BCUT2D eigenvalue weighted by atomic mass is 32.2. The summed E-state index contributed by atoms with van der Waals surface area (Å²) >= 11 is 0. The zero-order chi connectivity index (χ0) is 14.9. The maximum Gasteiger partial charge on any atom is 0.282 e. The van der Waals surface area contributed by atoms with E-state index in [4.69, 9.17) is 0 Å². The fourth-order valence-electron chi connectivity index (χ4n) is 3.97. The first-order valence-electron chi connectivity index (χ1n) is 8.25. The number of piperazine rings is 1. The molecule has 0 aromatic rings. The van der Waals surface area contributed by atoms with Gasteiger partial charge in [-0.1, -0.05) is 0 Å². The van der Waals surface area contributed by atoms with Crippen LogP contribution in [0.15, 0.2) is 0 Å². The monoisotopic (exact) mass is 316 g/mol. The van der Waals surface area contributed by atoms with Crippen LogP contribution in [0.1, 0.15) is 25.7 Å². The molecule has 3 heterocycles. The Labute approximate surface area is 128 Å². The van der Waals surface area contributed by atoms with Gasteiger partial charge in [0.05, 0.1) is 0 Å². The third kappa shape index (κ3) is 3.27. The second kappa shape index (κ2) is 6.50. The van der Waals surface area contributed by atoms with E-state index in [1.807, 2.05) is 7.05 Å². The van der Waals surface area contributed by atoms with Crippen molar-refractivity contribution < 1.29 is 8.42 Å². The number of nitrogens with zero attached hydrogens (tertiary/aromatic N) is 3. The zero-order valence-corrected chi connectivity index (χ0v) is 13.8. The van der Waals surface area contributed by atoms with Crippen molar-refractivity contribution in [3.8, 4) is 0 Å². The highest BCUT2D eigenvalue weighted by Gasteiger charge is 2.39. The van der Waals surface area contributed by atoms with Crippen molar-refractivity contribution in [1.29, 1.82) is 0 Å². The molecule has 3 saturated heterocycles. The molecule has 3 fully saturated rings. The molecule has 3 aliphatic rings. The molecule has 0 bridgehead atoms. The van der Waals surface area contributed by atoms with Gasteiger partial charge >= 0.3 is 0 Å². The Morgan fingerprint density at radius 1 is 1.00 bits per heavy atom. The number of hydrogen-bond donors (Lipinski definition) is 1. The number of hydrogen-bond acceptors (Lipinski definition) is 4. The quantitative estimate of drug-likeness (QED) is 0.790. The Morgan fingerprint density at radius 2 is 1.76 bits per heavy atom. The van der Waals surface area contributed by atoms with Crippen LogP contribution in [0, 0.1) is 5.92 Å². The van der Waals surface area contributed by atoms with E-state index in [1.165, 1.54) is 6.42 Å². The van der Waals surface area contributed by atoms with Crippen LogP contribution in [0.25, 0.3) is 0 Å². The Bertz CT molecular complexity index is 448. The molecule has 0 radical (unpaired) electrons. The Balaban J connectivity index is 1.59. The maximum absolute atomic E-state index is 12.8. The average Bonchev–Trinajstić information content (AvgIpc) is 2.95. The molecule has 1 N–H and O–H groups in total. The number of rotatable bonds is 4. The van der Waals surface area contributed by atoms with E-state index in [-0.39, 0.29) is 0 Å². The van der Waals surface area contributed by atoms with Crippen molar-refractivity contribution in [2.75, 3.05) is 52.9 Å². The van der Waals surface area contributed by atoms with Gasteiger partial charge in [-0.15, -0.1) is 0 Å². The molecule has 122 valence electrons. The zero-order valence-electron chi connectivity index (χ0n) is 13.0. The first kappa shape index (κ1) is 15.7. The molecule has 0 saturated carbocycles. The topological polar surface area (TPSA) is 55.9 Å². The van der Waals surface area contributed by atoms with Gasteiger partial charge in [0.1, 0.15) is 0 Å². The largest absolute Gasteiger partial charge is 0.319 e. The van der Waals surface area contributed by atoms with E-state index >= 15 is 0 Å². The summed E-state index contributed by atoms with van der Waals surface area (Å²) in [6.45, 7) is 5.76. The highest BCUT2D eigenvalue weighted by Crippen LogP contribution is 2.26. The highest BCUT2D eigenvalue weighted by molar-refractivity contribution is 7.86. The first-order chi connectivity index (χ1) is 10.1. The molecule has 7 heteroatoms. The molecule has 0 aromatic heterocycles. The predicted octanol–water partition coefficient (Wildman–Crippen LogP) is -0.0574. The third-order valence-electron chi connectivity index (χ3n) is 5.27. The molecule has 0 amide bonds. The first-order valence-corrected chi connectivity index (χ1v) is 9.65. The fourth-order valence-corrected chi connectivity index (χ4v) is 5.64. The van der Waals surface area contributed by atoms with E-state index in [1.54, 1.807) is 8.61 Å². The van der Waals surface area contributed by atoms with Gasteiger partial charge in [0.15, 0.2) is 0 Å². The Kier molecular flexibility index (Phi) is 4.85. The standard InChI is InChI=1S/C14H28N4O2S/c1-15-11-13-4-7-17(8-5-13)21(19,20)18-10-9-16-6-2-3-14(16)12-18/h13-15H,2-12H2,1H3. The van der Waals surface area contributed by atoms with Gasteiger partial charge in [-0.05, 0) is 51.7 Å². The van der Waals surface area contributed by atoms with Crippen molar-refractivity contribution in [2.45, 2.75) is 31.7 Å². The van der Waals surface area contributed by atoms with Gasteiger partial charge in [0.25, 0.3) is 10.2 Å². The molecular weight excluding hydrogens is 288 g/mol. The number of nitrogens with one attached hydrogen (secondary N) is 1. The van der Waals surface area contributed by atoms with E-state index in [2.05, 4.69) is 10.2 Å². The molecule has 3 rings (SSSR count). The summed E-state index contributed by atoms with van der Waals surface area (Å²) in [4.78, 5) is 2.45. The van der Waals surface area contributed by atoms with Gasteiger partial charge in [-0.3, -0.25) is 4.90 Å². The minimum Gasteiger partial charge on any atom is -0.319 e. The van der Waals surface area contributed by atoms with Crippen LogP contribution in [-0.4, -0.2) is 80.8 Å². The van der Waals surface area contributed by atoms with Crippen molar-refractivity contribution in [1.82, 2.24) is 18.8 Å². The lowest BCUT2D eigenvalue weighted by Crippen LogP contribution is -2.56. The van der Waals surface area contributed by atoms with Crippen molar-refractivity contribution >= 4 is 10.2 Å². The summed E-state index contributed by atoms with van der Waals surface area (Å²) in [6, 6.07) is 0.454. The summed E-state index contributed by atoms with van der Waals surface area (Å²) in [6.07, 6.45) is 4.32. The summed E-state index contributed by atoms with van der Waals surface area (Å²) in [7, 11) is -1.28. The smallest absolute Gasteiger partial charge is 0.282 e. The lowest BCUT2D eigenvalue weighted by atomic mass is 9.98. The number of fused-ring (bicyclic) bond motifs is 1. The van der Waals surface area contributed by atoms with Gasteiger partial charge in [0.2, 0.25) is 0 Å². The molecule has 0 spiro atoms. The maximum atomic E-state index is 12.8. The molecule has 0 aliphatic carbocycles.